The molecule has 27 heavy (non-hydrogen) atoms. The van der Waals surface area contributed by atoms with E-state index < -0.39 is 23.6 Å². The average molecular weight is 389 g/mol. The predicted molar refractivity (Wildman–Crippen MR) is 102 cm³/mol. The zero-order valence-electron chi connectivity index (χ0n) is 14.6. The number of benzene rings is 2. The average Bonchev–Trinajstić information content (AvgIpc) is 2.61. The van der Waals surface area contributed by atoms with Gasteiger partial charge in [0.1, 0.15) is 17.4 Å². The second-order valence-electron chi connectivity index (χ2n) is 5.89. The minimum absolute atomic E-state index is 0.116. The number of ether oxygens (including phenoxy) is 1. The number of allylic oxidation sites excluding steroid dienone is 1. The van der Waals surface area contributed by atoms with Crippen LogP contribution >= 0.6 is 12.2 Å². The lowest BCUT2D eigenvalue weighted by molar-refractivity contribution is -0.113. The maximum Gasteiger partial charge on any atom is 0.255 e. The molecule has 8 heteroatoms. The van der Waals surface area contributed by atoms with E-state index in [9.17, 15) is 13.6 Å². The molecule has 0 bridgehead atoms. The number of nitrogens with one attached hydrogen (secondary N) is 3. The number of halogens is 2. The highest BCUT2D eigenvalue weighted by atomic mass is 32.1. The van der Waals surface area contributed by atoms with E-state index in [0.717, 1.165) is 12.1 Å². The van der Waals surface area contributed by atoms with Crippen molar-refractivity contribution in [2.45, 2.75) is 13.0 Å². The Balaban J connectivity index is 2.00. The van der Waals surface area contributed by atoms with Gasteiger partial charge in [-0.3, -0.25) is 4.79 Å². The fourth-order valence-corrected chi connectivity index (χ4v) is 3.17. The lowest BCUT2D eigenvalue weighted by atomic mass is 9.94. The van der Waals surface area contributed by atoms with Crippen LogP contribution in [-0.4, -0.2) is 18.1 Å². The zero-order valence-corrected chi connectivity index (χ0v) is 15.4. The number of methoxy groups -OCH3 is 1. The van der Waals surface area contributed by atoms with Crippen molar-refractivity contribution < 1.29 is 18.3 Å². The van der Waals surface area contributed by atoms with Crippen molar-refractivity contribution in [3.63, 3.8) is 0 Å². The molecule has 0 radical (unpaired) electrons. The summed E-state index contributed by atoms with van der Waals surface area (Å²) in [5, 5.41) is 8.75. The largest absolute Gasteiger partial charge is 0.495 e. The number of hydrogen-bond acceptors (Lipinski definition) is 3. The molecule has 140 valence electrons. The Morgan fingerprint density at radius 1 is 1.22 bits per heavy atom. The van der Waals surface area contributed by atoms with Crippen LogP contribution in [0.25, 0.3) is 0 Å². The van der Waals surface area contributed by atoms with Gasteiger partial charge in [-0.1, -0.05) is 18.2 Å². The number of thiocarbonyl (C=S) groups is 1. The van der Waals surface area contributed by atoms with E-state index in [-0.39, 0.29) is 16.2 Å². The third-order valence-corrected chi connectivity index (χ3v) is 4.36. The summed E-state index contributed by atoms with van der Waals surface area (Å²) in [6.07, 6.45) is 0. The quantitative estimate of drug-likeness (QED) is 0.700. The van der Waals surface area contributed by atoms with Crippen molar-refractivity contribution in [1.82, 2.24) is 10.6 Å². The molecule has 3 N–H and O–H groups in total. The van der Waals surface area contributed by atoms with Crippen LogP contribution in [0, 0.1) is 11.6 Å². The molecule has 2 aromatic carbocycles. The zero-order chi connectivity index (χ0) is 19.6. The van der Waals surface area contributed by atoms with Gasteiger partial charge in [0.15, 0.2) is 5.11 Å². The van der Waals surface area contributed by atoms with Gasteiger partial charge in [-0.05, 0) is 37.3 Å². The number of hydrogen-bond donors (Lipinski definition) is 3. The molecule has 1 aliphatic rings. The molecular formula is C19H17F2N3O2S. The number of amides is 1. The molecule has 0 fully saturated rings. The maximum atomic E-state index is 14.4. The molecule has 0 saturated heterocycles. The Morgan fingerprint density at radius 3 is 2.67 bits per heavy atom. The van der Waals surface area contributed by atoms with E-state index >= 15 is 0 Å². The number of carbonyl (C=O) groups excluding carboxylic acids is 1. The van der Waals surface area contributed by atoms with Crippen molar-refractivity contribution in [2.75, 3.05) is 12.4 Å². The van der Waals surface area contributed by atoms with Crippen LogP contribution < -0.4 is 20.7 Å². The third kappa shape index (κ3) is 3.90. The molecule has 1 atom stereocenters. The van der Waals surface area contributed by atoms with Crippen LogP contribution in [0.5, 0.6) is 5.75 Å². The van der Waals surface area contributed by atoms with E-state index in [0.29, 0.717) is 17.1 Å². The molecule has 5 nitrogen and oxygen atoms in total. The summed E-state index contributed by atoms with van der Waals surface area (Å²) >= 11 is 5.13. The molecule has 0 unspecified atom stereocenters. The molecule has 1 amide bonds. The lowest BCUT2D eigenvalue weighted by Gasteiger charge is -2.30. The van der Waals surface area contributed by atoms with E-state index in [1.807, 2.05) is 0 Å². The highest BCUT2D eigenvalue weighted by molar-refractivity contribution is 7.80. The Kier molecular flexibility index (Phi) is 5.36. The van der Waals surface area contributed by atoms with Crippen molar-refractivity contribution in [1.29, 1.82) is 0 Å². The van der Waals surface area contributed by atoms with E-state index in [1.165, 1.54) is 13.2 Å². The summed E-state index contributed by atoms with van der Waals surface area (Å²) in [5.41, 5.74) is 1.29. The number of rotatable bonds is 4. The second kappa shape index (κ2) is 7.71. The highest BCUT2D eigenvalue weighted by Gasteiger charge is 2.32. The molecule has 3 rings (SSSR count). The van der Waals surface area contributed by atoms with Crippen molar-refractivity contribution in [3.8, 4) is 5.75 Å². The van der Waals surface area contributed by atoms with Crippen LogP contribution in [-0.2, 0) is 4.79 Å². The predicted octanol–water partition coefficient (Wildman–Crippen LogP) is 3.40. The molecule has 0 saturated carbocycles. The van der Waals surface area contributed by atoms with E-state index in [2.05, 4.69) is 16.0 Å². The summed E-state index contributed by atoms with van der Waals surface area (Å²) < 4.78 is 32.9. The fourth-order valence-electron chi connectivity index (χ4n) is 2.90. The smallest absolute Gasteiger partial charge is 0.255 e. The second-order valence-corrected chi connectivity index (χ2v) is 6.30. The molecule has 0 aromatic heterocycles. The van der Waals surface area contributed by atoms with Crippen LogP contribution in [0.2, 0.25) is 0 Å². The summed E-state index contributed by atoms with van der Waals surface area (Å²) in [6, 6.07) is 9.26. The van der Waals surface area contributed by atoms with Gasteiger partial charge in [0, 0.05) is 17.3 Å². The van der Waals surface area contributed by atoms with Gasteiger partial charge < -0.3 is 20.7 Å². The standard InChI is InChI=1S/C19H17F2N3O2S/c1-10-16(18(25)23-14-5-3-4-6-15(14)26-2)17(24-19(27)22-10)12-8-7-11(20)9-13(12)21/h3-9,17H,1-2H3,(H,23,25)(H2,22,24,27)/t17-/m1/s1. The third-order valence-electron chi connectivity index (χ3n) is 4.14. The van der Waals surface area contributed by atoms with Crippen LogP contribution in [0.4, 0.5) is 14.5 Å². The minimum atomic E-state index is -0.867. The summed E-state index contributed by atoms with van der Waals surface area (Å²) in [6.45, 7) is 1.67. The number of para-hydroxylation sites is 2. The molecular weight excluding hydrogens is 372 g/mol. The van der Waals surface area contributed by atoms with Crippen molar-refractivity contribution >= 4 is 28.9 Å². The Bertz CT molecular complexity index is 946. The van der Waals surface area contributed by atoms with E-state index in [1.54, 1.807) is 31.2 Å². The highest BCUT2D eigenvalue weighted by Crippen LogP contribution is 2.31. The monoisotopic (exact) mass is 389 g/mol. The van der Waals surface area contributed by atoms with Crippen LogP contribution in [0.3, 0.4) is 0 Å². The molecule has 1 heterocycles. The Hall–Kier alpha value is -3.00. The fraction of sp³-hybridized carbons (Fsp3) is 0.158. The summed E-state index contributed by atoms with van der Waals surface area (Å²) in [7, 11) is 1.49. The Morgan fingerprint density at radius 2 is 1.96 bits per heavy atom. The van der Waals surface area contributed by atoms with Gasteiger partial charge in [0.2, 0.25) is 0 Å². The maximum absolute atomic E-state index is 14.4. The van der Waals surface area contributed by atoms with Gasteiger partial charge >= 0.3 is 0 Å². The summed E-state index contributed by atoms with van der Waals surface area (Å²) in [5.74, 6) is -1.45. The first-order chi connectivity index (χ1) is 12.9. The SMILES string of the molecule is COc1ccccc1NC(=O)C1=C(C)NC(=S)N[C@@H]1c1ccc(F)cc1F. The molecule has 2 aromatic rings. The van der Waals surface area contributed by atoms with E-state index in [4.69, 9.17) is 17.0 Å². The first-order valence-electron chi connectivity index (χ1n) is 8.08. The molecule has 0 aliphatic carbocycles. The normalized spacial score (nSPS) is 16.4. The van der Waals surface area contributed by atoms with Gasteiger partial charge in [-0.15, -0.1) is 0 Å². The number of carbonyl (C=O) groups is 1. The van der Waals surface area contributed by atoms with Gasteiger partial charge in [0.25, 0.3) is 5.91 Å². The Labute approximate surface area is 160 Å². The van der Waals surface area contributed by atoms with Gasteiger partial charge in [-0.25, -0.2) is 8.78 Å². The number of anilines is 1. The van der Waals surface area contributed by atoms with Crippen molar-refractivity contribution in [3.05, 3.63) is 70.9 Å². The molecule has 0 spiro atoms. The van der Waals surface area contributed by atoms with Gasteiger partial charge in [-0.2, -0.15) is 0 Å². The summed E-state index contributed by atoms with van der Waals surface area (Å²) in [4.78, 5) is 13.0. The van der Waals surface area contributed by atoms with Crippen LogP contribution in [0.15, 0.2) is 53.7 Å². The van der Waals surface area contributed by atoms with Crippen LogP contribution in [0.1, 0.15) is 18.5 Å². The molecule has 1 aliphatic heterocycles. The topological polar surface area (TPSA) is 62.4 Å². The van der Waals surface area contributed by atoms with Gasteiger partial charge in [0.05, 0.1) is 24.4 Å². The van der Waals surface area contributed by atoms with Crippen molar-refractivity contribution in [2.24, 2.45) is 0 Å². The first-order valence-corrected chi connectivity index (χ1v) is 8.49. The lowest BCUT2D eigenvalue weighted by Crippen LogP contribution is -2.46. The minimum Gasteiger partial charge on any atom is -0.495 e. The first kappa shape index (κ1) is 18.8.